The Morgan fingerprint density at radius 1 is 1.12 bits per heavy atom. The number of anilines is 2. The van der Waals surface area contributed by atoms with E-state index in [1.807, 2.05) is 0 Å². The third kappa shape index (κ3) is 2.77. The molecule has 0 spiro atoms. The molecule has 0 unspecified atom stereocenters. The molecule has 0 radical (unpaired) electrons. The summed E-state index contributed by atoms with van der Waals surface area (Å²) >= 11 is 0. The molecule has 4 heterocycles. The van der Waals surface area contributed by atoms with Crippen LogP contribution in [0.15, 0.2) is 24.8 Å². The Morgan fingerprint density at radius 3 is 2.60 bits per heavy atom. The van der Waals surface area contributed by atoms with Gasteiger partial charge in [-0.15, -0.1) is 5.10 Å². The standard InChI is InChI=1S/C17H22N8/c1-17(2,3)12-5-6-13(23-22-12)25-7-11(8-25)24(4)16-14-15(19-9-18-14)20-10-21-16/h5-6,9-11H,7-8H2,1-4H3,(H,18,19,20,21). The molecule has 0 saturated carbocycles. The number of aromatic nitrogens is 6. The highest BCUT2D eigenvalue weighted by molar-refractivity contribution is 5.82. The summed E-state index contributed by atoms with van der Waals surface area (Å²) in [5.41, 5.74) is 2.59. The first-order valence-electron chi connectivity index (χ1n) is 8.39. The predicted molar refractivity (Wildman–Crippen MR) is 96.8 cm³/mol. The van der Waals surface area contributed by atoms with Crippen molar-refractivity contribution in [3.63, 3.8) is 0 Å². The summed E-state index contributed by atoms with van der Waals surface area (Å²) in [5.74, 6) is 1.80. The second-order valence-corrected chi connectivity index (χ2v) is 7.49. The second kappa shape index (κ2) is 5.65. The molecule has 25 heavy (non-hydrogen) atoms. The van der Waals surface area contributed by atoms with Gasteiger partial charge in [0.25, 0.3) is 0 Å². The Kier molecular flexibility index (Phi) is 3.55. The first kappa shape index (κ1) is 15.7. The van der Waals surface area contributed by atoms with Crippen LogP contribution in [0, 0.1) is 0 Å². The van der Waals surface area contributed by atoms with Gasteiger partial charge in [-0.1, -0.05) is 20.8 Å². The number of hydrogen-bond donors (Lipinski definition) is 1. The molecule has 8 nitrogen and oxygen atoms in total. The molecule has 0 amide bonds. The lowest BCUT2D eigenvalue weighted by atomic mass is 9.92. The van der Waals surface area contributed by atoms with E-state index in [1.165, 1.54) is 0 Å². The van der Waals surface area contributed by atoms with Crippen LogP contribution in [0.1, 0.15) is 26.5 Å². The Labute approximate surface area is 146 Å². The molecule has 1 N–H and O–H groups in total. The van der Waals surface area contributed by atoms with Gasteiger partial charge in [0.15, 0.2) is 17.3 Å². The maximum absolute atomic E-state index is 4.42. The number of aromatic amines is 1. The zero-order valence-electron chi connectivity index (χ0n) is 14.9. The SMILES string of the molecule is CN(c1ncnc2nc[nH]c12)C1CN(c2ccc(C(C)(C)C)nn2)C1. The van der Waals surface area contributed by atoms with Gasteiger partial charge in [-0.05, 0) is 12.1 Å². The molecule has 130 valence electrons. The van der Waals surface area contributed by atoms with Gasteiger partial charge in [-0.25, -0.2) is 15.0 Å². The van der Waals surface area contributed by atoms with Crippen molar-refractivity contribution in [3.8, 4) is 0 Å². The van der Waals surface area contributed by atoms with E-state index in [0.29, 0.717) is 11.7 Å². The lowest BCUT2D eigenvalue weighted by Crippen LogP contribution is -2.59. The van der Waals surface area contributed by atoms with Crippen molar-refractivity contribution in [2.24, 2.45) is 0 Å². The predicted octanol–water partition coefficient (Wildman–Crippen LogP) is 1.77. The van der Waals surface area contributed by atoms with E-state index in [1.54, 1.807) is 12.7 Å². The highest BCUT2D eigenvalue weighted by atomic mass is 15.4. The van der Waals surface area contributed by atoms with Gasteiger partial charge in [-0.2, -0.15) is 5.10 Å². The van der Waals surface area contributed by atoms with E-state index in [-0.39, 0.29) is 5.41 Å². The van der Waals surface area contributed by atoms with E-state index in [9.17, 15) is 0 Å². The topological polar surface area (TPSA) is 86.7 Å². The molecule has 1 saturated heterocycles. The first-order valence-corrected chi connectivity index (χ1v) is 8.39. The van der Waals surface area contributed by atoms with Crippen LogP contribution < -0.4 is 9.80 Å². The van der Waals surface area contributed by atoms with E-state index in [0.717, 1.165) is 35.9 Å². The van der Waals surface area contributed by atoms with Crippen LogP contribution in [0.3, 0.4) is 0 Å². The van der Waals surface area contributed by atoms with Gasteiger partial charge < -0.3 is 14.8 Å². The molecule has 0 atom stereocenters. The maximum Gasteiger partial charge on any atom is 0.182 e. The second-order valence-electron chi connectivity index (χ2n) is 7.49. The first-order chi connectivity index (χ1) is 11.9. The lowest BCUT2D eigenvalue weighted by molar-refractivity contribution is 0.486. The van der Waals surface area contributed by atoms with Crippen molar-refractivity contribution in [1.82, 2.24) is 30.1 Å². The van der Waals surface area contributed by atoms with E-state index in [2.05, 4.69) is 79.9 Å². The summed E-state index contributed by atoms with van der Waals surface area (Å²) in [4.78, 5) is 20.3. The summed E-state index contributed by atoms with van der Waals surface area (Å²) in [6.45, 7) is 8.20. The van der Waals surface area contributed by atoms with Crippen LogP contribution in [0.25, 0.3) is 11.2 Å². The minimum Gasteiger partial charge on any atom is -0.351 e. The average Bonchev–Trinajstić information content (AvgIpc) is 3.01. The van der Waals surface area contributed by atoms with E-state index < -0.39 is 0 Å². The summed E-state index contributed by atoms with van der Waals surface area (Å²) in [5, 5.41) is 8.77. The Hall–Kier alpha value is -2.77. The fourth-order valence-electron chi connectivity index (χ4n) is 2.97. The molecule has 0 aliphatic carbocycles. The van der Waals surface area contributed by atoms with Crippen molar-refractivity contribution in [1.29, 1.82) is 0 Å². The highest BCUT2D eigenvalue weighted by Gasteiger charge is 2.33. The largest absolute Gasteiger partial charge is 0.351 e. The number of likely N-dealkylation sites (N-methyl/N-ethyl adjacent to an activating group) is 1. The fraction of sp³-hybridized carbons (Fsp3) is 0.471. The Balaban J connectivity index is 1.46. The quantitative estimate of drug-likeness (QED) is 0.778. The lowest BCUT2D eigenvalue weighted by Gasteiger charge is -2.44. The normalized spacial score (nSPS) is 15.4. The summed E-state index contributed by atoms with van der Waals surface area (Å²) in [6, 6.07) is 4.49. The number of imidazole rings is 1. The van der Waals surface area contributed by atoms with Gasteiger partial charge in [0.2, 0.25) is 0 Å². The van der Waals surface area contributed by atoms with Crippen LogP contribution in [-0.2, 0) is 5.41 Å². The molecule has 8 heteroatoms. The average molecular weight is 338 g/mol. The molecule has 3 aromatic rings. The minimum atomic E-state index is 0.0195. The van der Waals surface area contributed by atoms with Crippen LogP contribution in [0.2, 0.25) is 0 Å². The van der Waals surface area contributed by atoms with Crippen molar-refractivity contribution in [2.75, 3.05) is 29.9 Å². The summed E-state index contributed by atoms with van der Waals surface area (Å²) in [6.07, 6.45) is 3.21. The van der Waals surface area contributed by atoms with Crippen molar-refractivity contribution < 1.29 is 0 Å². The Morgan fingerprint density at radius 2 is 1.92 bits per heavy atom. The highest BCUT2D eigenvalue weighted by Crippen LogP contribution is 2.27. The number of hydrogen-bond acceptors (Lipinski definition) is 7. The van der Waals surface area contributed by atoms with Crippen molar-refractivity contribution in [2.45, 2.75) is 32.2 Å². The number of nitrogens with one attached hydrogen (secondary N) is 1. The number of H-pyrrole nitrogens is 1. The molecule has 3 aromatic heterocycles. The molecule has 1 aliphatic heterocycles. The molecule has 4 rings (SSSR count). The van der Waals surface area contributed by atoms with E-state index >= 15 is 0 Å². The third-order valence-corrected chi connectivity index (χ3v) is 4.69. The molecule has 1 aliphatic rings. The third-order valence-electron chi connectivity index (χ3n) is 4.69. The van der Waals surface area contributed by atoms with Gasteiger partial charge in [0, 0.05) is 25.6 Å². The fourth-order valence-corrected chi connectivity index (χ4v) is 2.97. The van der Waals surface area contributed by atoms with Crippen LogP contribution in [0.4, 0.5) is 11.6 Å². The van der Waals surface area contributed by atoms with Gasteiger partial charge in [0.1, 0.15) is 11.8 Å². The van der Waals surface area contributed by atoms with Crippen molar-refractivity contribution >= 4 is 22.8 Å². The summed E-state index contributed by atoms with van der Waals surface area (Å²) in [7, 11) is 2.05. The van der Waals surface area contributed by atoms with E-state index in [4.69, 9.17) is 0 Å². The smallest absolute Gasteiger partial charge is 0.182 e. The molecular formula is C17H22N8. The number of nitrogens with zero attached hydrogens (tertiary/aromatic N) is 7. The van der Waals surface area contributed by atoms with Crippen LogP contribution >= 0.6 is 0 Å². The molecule has 0 bridgehead atoms. The van der Waals surface area contributed by atoms with Crippen molar-refractivity contribution in [3.05, 3.63) is 30.5 Å². The van der Waals surface area contributed by atoms with Gasteiger partial charge in [-0.3, -0.25) is 0 Å². The maximum atomic E-state index is 4.42. The summed E-state index contributed by atoms with van der Waals surface area (Å²) < 4.78 is 0. The molecule has 1 fully saturated rings. The van der Waals surface area contributed by atoms with Crippen LogP contribution in [-0.4, -0.2) is 56.3 Å². The number of fused-ring (bicyclic) bond motifs is 1. The zero-order valence-corrected chi connectivity index (χ0v) is 14.9. The number of rotatable bonds is 3. The van der Waals surface area contributed by atoms with Crippen LogP contribution in [0.5, 0.6) is 0 Å². The Bertz CT molecular complexity index is 874. The van der Waals surface area contributed by atoms with Gasteiger partial charge in [0.05, 0.1) is 18.1 Å². The molecule has 0 aromatic carbocycles. The zero-order chi connectivity index (χ0) is 17.6. The minimum absolute atomic E-state index is 0.0195. The van der Waals surface area contributed by atoms with Gasteiger partial charge >= 0.3 is 0 Å². The molecular weight excluding hydrogens is 316 g/mol. The monoisotopic (exact) mass is 338 g/mol.